The number of amides is 1. The smallest absolute Gasteiger partial charge is 0.412 e. The number of ether oxygens (including phenoxy) is 3. The van der Waals surface area contributed by atoms with E-state index >= 15 is 0 Å². The molecule has 31 heavy (non-hydrogen) atoms. The molecule has 9 heteroatoms. The van der Waals surface area contributed by atoms with Gasteiger partial charge in [0.15, 0.2) is 0 Å². The van der Waals surface area contributed by atoms with Gasteiger partial charge in [0.25, 0.3) is 0 Å². The van der Waals surface area contributed by atoms with E-state index in [1.807, 2.05) is 0 Å². The number of rotatable bonds is 6. The number of aromatic nitrogens is 1. The fraction of sp³-hybridized carbons (Fsp3) is 0.455. The number of nitrogens with zero attached hydrogens (tertiary/aromatic N) is 3. The fourth-order valence-electron chi connectivity index (χ4n) is 3.76. The Morgan fingerprint density at radius 3 is 2.74 bits per heavy atom. The van der Waals surface area contributed by atoms with Crippen LogP contribution in [0, 0.1) is 5.82 Å². The van der Waals surface area contributed by atoms with Gasteiger partial charge in [-0.2, -0.15) is 4.98 Å². The van der Waals surface area contributed by atoms with E-state index in [-0.39, 0.29) is 24.3 Å². The largest absolute Gasteiger partial charge is 0.476 e. The predicted molar refractivity (Wildman–Crippen MR) is 112 cm³/mol. The average molecular weight is 431 g/mol. The van der Waals surface area contributed by atoms with Crippen LogP contribution in [-0.2, 0) is 11.2 Å². The van der Waals surface area contributed by atoms with Crippen molar-refractivity contribution in [2.24, 2.45) is 0 Å². The maximum Gasteiger partial charge on any atom is 0.412 e. The molecule has 1 aromatic heterocycles. The van der Waals surface area contributed by atoms with Crippen LogP contribution in [0.2, 0.25) is 0 Å². The summed E-state index contributed by atoms with van der Waals surface area (Å²) in [7, 11) is 0. The van der Waals surface area contributed by atoms with Crippen LogP contribution in [0.5, 0.6) is 11.8 Å². The first-order chi connectivity index (χ1) is 15.0. The molecule has 3 heterocycles. The van der Waals surface area contributed by atoms with Crippen LogP contribution in [0.15, 0.2) is 30.3 Å². The summed E-state index contributed by atoms with van der Waals surface area (Å²) in [6.07, 6.45) is -0.637. The number of carboxylic acid groups (broad SMARTS) is 1. The lowest BCUT2D eigenvalue weighted by atomic mass is 10.0. The van der Waals surface area contributed by atoms with Crippen LogP contribution >= 0.6 is 0 Å². The predicted octanol–water partition coefficient (Wildman–Crippen LogP) is 2.79. The second-order valence-corrected chi connectivity index (χ2v) is 7.70. The molecule has 0 aliphatic carbocycles. The van der Waals surface area contributed by atoms with Gasteiger partial charge in [-0.1, -0.05) is 12.1 Å². The lowest BCUT2D eigenvalue weighted by molar-refractivity contribution is 0.0319. The topological polar surface area (TPSA) is 84.4 Å². The third-order valence-corrected chi connectivity index (χ3v) is 5.43. The molecule has 8 nitrogen and oxygen atoms in total. The summed E-state index contributed by atoms with van der Waals surface area (Å²) in [4.78, 5) is 19.8. The molecule has 4 rings (SSSR count). The van der Waals surface area contributed by atoms with Crippen LogP contribution in [0.1, 0.15) is 18.1 Å². The summed E-state index contributed by atoms with van der Waals surface area (Å²) in [5.74, 6) is 0.328. The molecule has 0 saturated carbocycles. The van der Waals surface area contributed by atoms with Gasteiger partial charge in [0, 0.05) is 31.6 Å². The Bertz CT molecular complexity index is 918. The Kier molecular flexibility index (Phi) is 6.53. The van der Waals surface area contributed by atoms with Crippen molar-refractivity contribution in [1.82, 2.24) is 9.88 Å². The Hall–Kier alpha value is -2.91. The van der Waals surface area contributed by atoms with Gasteiger partial charge >= 0.3 is 6.09 Å². The Labute approximate surface area is 180 Å². The summed E-state index contributed by atoms with van der Waals surface area (Å²) < 4.78 is 30.4. The van der Waals surface area contributed by atoms with Gasteiger partial charge in [0.2, 0.25) is 11.8 Å². The highest BCUT2D eigenvalue weighted by Gasteiger charge is 2.32. The SMILES string of the molecule is C[C@H]1COc2nc(OCCN3CCOCC3)c(Cc3ccc(F)cc3)cc2N1C(=O)O. The highest BCUT2D eigenvalue weighted by Crippen LogP contribution is 2.37. The Balaban J connectivity index is 1.60. The van der Waals surface area contributed by atoms with Crippen LogP contribution in [0.25, 0.3) is 0 Å². The third-order valence-electron chi connectivity index (χ3n) is 5.43. The molecule has 2 aromatic rings. The summed E-state index contributed by atoms with van der Waals surface area (Å²) in [5.41, 5.74) is 1.98. The van der Waals surface area contributed by atoms with E-state index in [4.69, 9.17) is 14.2 Å². The van der Waals surface area contributed by atoms with Crippen molar-refractivity contribution in [2.45, 2.75) is 19.4 Å². The Morgan fingerprint density at radius 1 is 1.29 bits per heavy atom. The van der Waals surface area contributed by atoms with Gasteiger partial charge in [-0.15, -0.1) is 0 Å². The molecular weight excluding hydrogens is 405 g/mol. The normalized spacial score (nSPS) is 18.9. The van der Waals surface area contributed by atoms with Crippen molar-refractivity contribution < 1.29 is 28.5 Å². The van der Waals surface area contributed by atoms with Crippen molar-refractivity contribution >= 4 is 11.8 Å². The molecule has 0 unspecified atom stereocenters. The number of hydrogen-bond donors (Lipinski definition) is 1. The first-order valence-corrected chi connectivity index (χ1v) is 10.4. The number of fused-ring (bicyclic) bond motifs is 1. The highest BCUT2D eigenvalue weighted by atomic mass is 19.1. The Morgan fingerprint density at radius 2 is 2.03 bits per heavy atom. The maximum atomic E-state index is 13.3. The molecule has 1 saturated heterocycles. The van der Waals surface area contributed by atoms with Crippen LogP contribution in [-0.4, -0.2) is 73.2 Å². The molecule has 2 aliphatic heterocycles. The average Bonchev–Trinajstić information content (AvgIpc) is 2.76. The molecule has 1 N–H and O–H groups in total. The van der Waals surface area contributed by atoms with Crippen molar-refractivity contribution in [3.05, 3.63) is 47.3 Å². The third kappa shape index (κ3) is 5.05. The van der Waals surface area contributed by atoms with Crippen molar-refractivity contribution in [2.75, 3.05) is 51.0 Å². The summed E-state index contributed by atoms with van der Waals surface area (Å²) >= 11 is 0. The molecule has 166 valence electrons. The molecule has 1 aromatic carbocycles. The number of pyridine rings is 1. The number of carbonyl (C=O) groups is 1. The lowest BCUT2D eigenvalue weighted by Gasteiger charge is -2.33. The van der Waals surface area contributed by atoms with Crippen molar-refractivity contribution in [1.29, 1.82) is 0 Å². The zero-order valence-electron chi connectivity index (χ0n) is 17.4. The zero-order chi connectivity index (χ0) is 21.8. The number of benzene rings is 1. The van der Waals surface area contributed by atoms with Gasteiger partial charge < -0.3 is 19.3 Å². The minimum absolute atomic E-state index is 0.219. The molecule has 1 atom stereocenters. The second kappa shape index (κ2) is 9.49. The van der Waals surface area contributed by atoms with E-state index in [2.05, 4.69) is 9.88 Å². The molecule has 2 aliphatic rings. The first kappa shape index (κ1) is 21.3. The molecule has 1 fully saturated rings. The molecule has 0 radical (unpaired) electrons. The van der Waals surface area contributed by atoms with Gasteiger partial charge in [-0.25, -0.2) is 9.18 Å². The quantitative estimate of drug-likeness (QED) is 0.753. The number of hydrogen-bond acceptors (Lipinski definition) is 6. The van der Waals surface area contributed by atoms with Crippen LogP contribution in [0.4, 0.5) is 14.9 Å². The number of anilines is 1. The maximum absolute atomic E-state index is 13.3. The summed E-state index contributed by atoms with van der Waals surface area (Å²) in [6.45, 7) is 6.31. The van der Waals surface area contributed by atoms with E-state index in [9.17, 15) is 14.3 Å². The van der Waals surface area contributed by atoms with E-state index in [1.165, 1.54) is 17.0 Å². The zero-order valence-corrected chi connectivity index (χ0v) is 17.4. The van der Waals surface area contributed by atoms with Crippen LogP contribution < -0.4 is 14.4 Å². The van der Waals surface area contributed by atoms with Gasteiger partial charge in [0.1, 0.15) is 24.7 Å². The second-order valence-electron chi connectivity index (χ2n) is 7.70. The molecule has 0 bridgehead atoms. The fourth-order valence-corrected chi connectivity index (χ4v) is 3.76. The van der Waals surface area contributed by atoms with Crippen molar-refractivity contribution in [3.8, 4) is 11.8 Å². The van der Waals surface area contributed by atoms with E-state index in [0.29, 0.717) is 37.8 Å². The molecular formula is C22H26FN3O5. The molecule has 0 spiro atoms. The summed E-state index contributed by atoms with van der Waals surface area (Å²) in [6, 6.07) is 7.60. The standard InChI is InChI=1S/C22H26FN3O5/c1-15-14-31-21-19(26(15)22(27)28)13-17(12-16-2-4-18(23)5-3-16)20(24-21)30-11-8-25-6-9-29-10-7-25/h2-5,13,15H,6-12,14H2,1H3,(H,27,28)/t15-/m0/s1. The van der Waals surface area contributed by atoms with Gasteiger partial charge in [-0.05, 0) is 30.7 Å². The van der Waals surface area contributed by atoms with E-state index < -0.39 is 6.09 Å². The summed E-state index contributed by atoms with van der Waals surface area (Å²) in [5, 5.41) is 9.68. The first-order valence-electron chi connectivity index (χ1n) is 10.4. The lowest BCUT2D eigenvalue weighted by Crippen LogP contribution is -2.44. The van der Waals surface area contributed by atoms with Gasteiger partial charge in [-0.3, -0.25) is 9.80 Å². The number of halogens is 1. The van der Waals surface area contributed by atoms with E-state index in [1.54, 1.807) is 25.1 Å². The minimum atomic E-state index is -1.06. The monoisotopic (exact) mass is 431 g/mol. The van der Waals surface area contributed by atoms with Gasteiger partial charge in [0.05, 0.1) is 19.3 Å². The number of morpholine rings is 1. The van der Waals surface area contributed by atoms with Crippen molar-refractivity contribution in [3.63, 3.8) is 0 Å². The van der Waals surface area contributed by atoms with E-state index in [0.717, 1.165) is 30.8 Å². The highest BCUT2D eigenvalue weighted by molar-refractivity contribution is 5.89. The molecule has 1 amide bonds. The van der Waals surface area contributed by atoms with Crippen LogP contribution in [0.3, 0.4) is 0 Å². The minimum Gasteiger partial charge on any atom is -0.476 e.